The van der Waals surface area contributed by atoms with Gasteiger partial charge in [-0.25, -0.2) is 9.59 Å². The second-order valence-electron chi connectivity index (χ2n) is 8.60. The Hall–Kier alpha value is -4.16. The normalized spacial score (nSPS) is 11.9. The van der Waals surface area contributed by atoms with Crippen molar-refractivity contribution >= 4 is 24.1 Å². The quantitative estimate of drug-likeness (QED) is 0.129. The monoisotopic (exact) mass is 558 g/mol. The molecule has 0 saturated carbocycles. The van der Waals surface area contributed by atoms with Gasteiger partial charge in [0.05, 0.1) is 12.8 Å². The highest BCUT2D eigenvalue weighted by molar-refractivity contribution is 5.73. The Morgan fingerprint density at radius 1 is 0.550 bits per heavy atom. The van der Waals surface area contributed by atoms with Crippen molar-refractivity contribution in [3.8, 4) is 0 Å². The Morgan fingerprint density at radius 3 is 1.27 bits per heavy atom. The predicted octanol–water partition coefficient (Wildman–Crippen LogP) is 1.88. The number of ether oxygens (including phenoxy) is 4. The number of carbonyl (C=O) groups is 4. The zero-order chi connectivity index (χ0) is 29.0. The minimum atomic E-state index is -1.00. The lowest BCUT2D eigenvalue weighted by Crippen LogP contribution is -2.38. The Bertz CT molecular complexity index is 956. The van der Waals surface area contributed by atoms with Crippen molar-refractivity contribution < 1.29 is 38.1 Å². The molecule has 12 nitrogen and oxygen atoms in total. The van der Waals surface area contributed by atoms with Gasteiger partial charge in [0.25, 0.3) is 0 Å². The Balaban J connectivity index is 1.39. The van der Waals surface area contributed by atoms with E-state index >= 15 is 0 Å². The Labute approximate surface area is 234 Å². The topological polar surface area (TPSA) is 153 Å². The molecule has 0 heterocycles. The number of alkyl carbamates (subject to hydrolysis) is 2. The molecule has 0 saturated heterocycles. The molecule has 2 aromatic rings. The van der Waals surface area contributed by atoms with Crippen molar-refractivity contribution in [3.05, 3.63) is 71.8 Å². The third-order valence-corrected chi connectivity index (χ3v) is 5.14. The van der Waals surface area contributed by atoms with Gasteiger partial charge in [0, 0.05) is 53.1 Å². The maximum atomic E-state index is 11.9. The highest BCUT2D eigenvalue weighted by atomic mass is 16.7. The van der Waals surface area contributed by atoms with E-state index in [0.29, 0.717) is 39.3 Å². The number of esters is 2. The van der Waals surface area contributed by atoms with Crippen molar-refractivity contribution in [3.63, 3.8) is 0 Å². The van der Waals surface area contributed by atoms with Crippen LogP contribution in [0.25, 0.3) is 0 Å². The van der Waals surface area contributed by atoms with Gasteiger partial charge in [0.2, 0.25) is 12.6 Å². The lowest BCUT2D eigenvalue weighted by molar-refractivity contribution is -0.165. The summed E-state index contributed by atoms with van der Waals surface area (Å²) in [6.45, 7) is 5.87. The van der Waals surface area contributed by atoms with Crippen LogP contribution in [0.1, 0.15) is 25.0 Å². The Kier molecular flexibility index (Phi) is 15.2. The molecule has 0 fully saturated rings. The van der Waals surface area contributed by atoms with Crippen LogP contribution in [0.4, 0.5) is 9.59 Å². The zero-order valence-corrected chi connectivity index (χ0v) is 22.9. The fraction of sp³-hybridized carbons (Fsp3) is 0.429. The van der Waals surface area contributed by atoms with Crippen molar-refractivity contribution in [1.82, 2.24) is 21.3 Å². The zero-order valence-electron chi connectivity index (χ0n) is 22.9. The molecule has 2 unspecified atom stereocenters. The van der Waals surface area contributed by atoms with E-state index in [9.17, 15) is 19.2 Å². The highest BCUT2D eigenvalue weighted by Gasteiger charge is 2.15. The number of benzene rings is 2. The smallest absolute Gasteiger partial charge is 0.410 e. The molecule has 218 valence electrons. The molecule has 2 aromatic carbocycles. The molecule has 2 rings (SSSR count). The number of nitrogens with one attached hydrogen (secondary N) is 4. The van der Waals surface area contributed by atoms with Crippen LogP contribution >= 0.6 is 0 Å². The summed E-state index contributed by atoms with van der Waals surface area (Å²) in [7, 11) is 0. The lowest BCUT2D eigenvalue weighted by Gasteiger charge is -2.15. The molecule has 0 aliphatic heterocycles. The fourth-order valence-corrected chi connectivity index (χ4v) is 3.34. The van der Waals surface area contributed by atoms with Crippen LogP contribution in [0.15, 0.2) is 60.7 Å². The molecule has 0 aromatic heterocycles. The second kappa shape index (κ2) is 19.0. The molecule has 0 spiro atoms. The van der Waals surface area contributed by atoms with Crippen LogP contribution in [0.3, 0.4) is 0 Å². The fourth-order valence-electron chi connectivity index (χ4n) is 3.34. The van der Waals surface area contributed by atoms with Crippen LogP contribution in [0.5, 0.6) is 0 Å². The molecule has 0 bridgehead atoms. The summed E-state index contributed by atoms with van der Waals surface area (Å²) >= 11 is 0. The van der Waals surface area contributed by atoms with E-state index < -0.39 is 36.7 Å². The van der Waals surface area contributed by atoms with Crippen molar-refractivity contribution in [1.29, 1.82) is 0 Å². The number of hydrogen-bond acceptors (Lipinski definition) is 10. The summed E-state index contributed by atoms with van der Waals surface area (Å²) in [4.78, 5) is 47.4. The highest BCUT2D eigenvalue weighted by Crippen LogP contribution is 2.04. The number of amides is 2. The minimum absolute atomic E-state index is 0.0974. The first-order valence-corrected chi connectivity index (χ1v) is 13.1. The SMILES string of the molecule is CC(OC(=O)Cc1ccccc1)OC(=O)NCCNCCNCCNC(=O)OC(C)OC(=O)Cc1ccccc1. The Morgan fingerprint density at radius 2 is 0.900 bits per heavy atom. The van der Waals surface area contributed by atoms with Gasteiger partial charge in [-0.3, -0.25) is 9.59 Å². The summed E-state index contributed by atoms with van der Waals surface area (Å²) < 4.78 is 20.2. The van der Waals surface area contributed by atoms with Crippen LogP contribution in [0, 0.1) is 0 Å². The van der Waals surface area contributed by atoms with Gasteiger partial charge < -0.3 is 40.2 Å². The molecular weight excluding hydrogens is 520 g/mol. The molecule has 2 atom stereocenters. The molecule has 4 N–H and O–H groups in total. The standard InChI is InChI=1S/C28H38N4O8/c1-21(37-25(33)19-23-9-5-3-6-10-23)39-27(35)31-17-15-29-13-14-30-16-18-32-28(36)40-22(2)38-26(34)20-24-11-7-4-8-12-24/h3-12,21-22,29-30H,13-20H2,1-2H3,(H,31,35)(H,32,36). The van der Waals surface area contributed by atoms with Crippen LogP contribution in [-0.4, -0.2) is 76.0 Å². The number of rotatable bonds is 17. The van der Waals surface area contributed by atoms with Crippen molar-refractivity contribution in [2.45, 2.75) is 39.3 Å². The van der Waals surface area contributed by atoms with Gasteiger partial charge in [-0.15, -0.1) is 0 Å². The number of hydrogen-bond donors (Lipinski definition) is 4. The van der Waals surface area contributed by atoms with Gasteiger partial charge >= 0.3 is 24.1 Å². The van der Waals surface area contributed by atoms with E-state index in [-0.39, 0.29) is 12.8 Å². The average Bonchev–Trinajstić information content (AvgIpc) is 2.90. The van der Waals surface area contributed by atoms with E-state index in [1.807, 2.05) is 60.7 Å². The van der Waals surface area contributed by atoms with Crippen LogP contribution < -0.4 is 21.3 Å². The third-order valence-electron chi connectivity index (χ3n) is 5.14. The third kappa shape index (κ3) is 15.3. The van der Waals surface area contributed by atoms with Crippen molar-refractivity contribution in [2.75, 3.05) is 39.3 Å². The molecule has 0 aliphatic rings. The van der Waals surface area contributed by atoms with Crippen LogP contribution in [-0.2, 0) is 41.4 Å². The first-order chi connectivity index (χ1) is 19.3. The van der Waals surface area contributed by atoms with Gasteiger partial charge in [0.15, 0.2) is 0 Å². The molecule has 40 heavy (non-hydrogen) atoms. The summed E-state index contributed by atoms with van der Waals surface area (Å²) in [6, 6.07) is 18.3. The van der Waals surface area contributed by atoms with Crippen molar-refractivity contribution in [2.24, 2.45) is 0 Å². The largest absolute Gasteiger partial charge is 0.425 e. The molecular formula is C28H38N4O8. The summed E-state index contributed by atoms with van der Waals surface area (Å²) in [5.74, 6) is -0.968. The average molecular weight is 559 g/mol. The summed E-state index contributed by atoms with van der Waals surface area (Å²) in [5.41, 5.74) is 1.63. The van der Waals surface area contributed by atoms with E-state index in [4.69, 9.17) is 18.9 Å². The van der Waals surface area contributed by atoms with E-state index in [2.05, 4.69) is 21.3 Å². The summed E-state index contributed by atoms with van der Waals surface area (Å²) in [6.07, 6.45) is -3.18. The number of carbonyl (C=O) groups excluding carboxylic acids is 4. The molecule has 2 amide bonds. The van der Waals surface area contributed by atoms with Gasteiger partial charge in [-0.05, 0) is 11.1 Å². The maximum absolute atomic E-state index is 11.9. The first-order valence-electron chi connectivity index (χ1n) is 13.1. The first kappa shape index (κ1) is 32.1. The maximum Gasteiger partial charge on any atom is 0.410 e. The van der Waals surface area contributed by atoms with Crippen LogP contribution in [0.2, 0.25) is 0 Å². The summed E-state index contributed by atoms with van der Waals surface area (Å²) in [5, 5.41) is 11.4. The minimum Gasteiger partial charge on any atom is -0.425 e. The molecule has 0 radical (unpaired) electrons. The van der Waals surface area contributed by atoms with E-state index in [1.165, 1.54) is 13.8 Å². The molecule has 12 heteroatoms. The molecule has 0 aliphatic carbocycles. The second-order valence-corrected chi connectivity index (χ2v) is 8.60. The lowest BCUT2D eigenvalue weighted by atomic mass is 10.2. The van der Waals surface area contributed by atoms with Gasteiger partial charge in [-0.2, -0.15) is 0 Å². The van der Waals surface area contributed by atoms with Gasteiger partial charge in [-0.1, -0.05) is 60.7 Å². The van der Waals surface area contributed by atoms with Gasteiger partial charge in [0.1, 0.15) is 0 Å². The predicted molar refractivity (Wildman–Crippen MR) is 146 cm³/mol. The van der Waals surface area contributed by atoms with E-state index in [1.54, 1.807) is 0 Å². The van der Waals surface area contributed by atoms with E-state index in [0.717, 1.165) is 11.1 Å².